The number of methoxy groups -OCH3 is 2. The molecule has 0 aliphatic carbocycles. The minimum absolute atomic E-state index is 0.0781. The molecule has 0 radical (unpaired) electrons. The van der Waals surface area contributed by atoms with Gasteiger partial charge in [-0.3, -0.25) is 4.79 Å². The third-order valence-electron chi connectivity index (χ3n) is 4.01. The standard InChI is InChI=1S/C22H24O7/c1-15-7-6-8-18(11-15)28-10-5-4-9-20(23)29-19-13-16(21(24)26-2)12-17(14-19)22(25)27-3/h6-8,11-14H,4-5,9-10H2,1-3H3. The van der Waals surface area contributed by atoms with Crippen molar-refractivity contribution in [2.45, 2.75) is 26.2 Å². The molecule has 29 heavy (non-hydrogen) atoms. The quantitative estimate of drug-likeness (QED) is 0.360. The fourth-order valence-electron chi connectivity index (χ4n) is 2.58. The summed E-state index contributed by atoms with van der Waals surface area (Å²) >= 11 is 0. The molecule has 0 amide bonds. The molecule has 2 aromatic rings. The molecule has 0 fully saturated rings. The lowest BCUT2D eigenvalue weighted by Gasteiger charge is -2.09. The van der Waals surface area contributed by atoms with E-state index in [0.29, 0.717) is 19.4 Å². The molecule has 0 atom stereocenters. The SMILES string of the molecule is COC(=O)c1cc(OC(=O)CCCCOc2cccc(C)c2)cc(C(=O)OC)c1. The molecule has 2 aromatic carbocycles. The zero-order valence-electron chi connectivity index (χ0n) is 16.7. The molecule has 2 rings (SSSR count). The van der Waals surface area contributed by atoms with Gasteiger partial charge < -0.3 is 18.9 Å². The predicted octanol–water partition coefficient (Wildman–Crippen LogP) is 3.72. The van der Waals surface area contributed by atoms with E-state index in [0.717, 1.165) is 11.3 Å². The molecule has 0 heterocycles. The van der Waals surface area contributed by atoms with Crippen LogP contribution < -0.4 is 9.47 Å². The van der Waals surface area contributed by atoms with Gasteiger partial charge in [0.05, 0.1) is 32.0 Å². The third-order valence-corrected chi connectivity index (χ3v) is 4.01. The molecule has 0 spiro atoms. The topological polar surface area (TPSA) is 88.1 Å². The second-order valence-corrected chi connectivity index (χ2v) is 6.33. The number of carbonyl (C=O) groups is 3. The smallest absolute Gasteiger partial charge is 0.338 e. The van der Waals surface area contributed by atoms with Crippen LogP contribution in [-0.2, 0) is 14.3 Å². The van der Waals surface area contributed by atoms with Crippen LogP contribution >= 0.6 is 0 Å². The van der Waals surface area contributed by atoms with Gasteiger partial charge in [0, 0.05) is 6.42 Å². The molecule has 0 saturated carbocycles. The molecule has 0 aliphatic heterocycles. The Labute approximate surface area is 169 Å². The normalized spacial score (nSPS) is 10.2. The minimum atomic E-state index is -0.652. The number of benzene rings is 2. The van der Waals surface area contributed by atoms with Crippen molar-refractivity contribution in [3.8, 4) is 11.5 Å². The van der Waals surface area contributed by atoms with Gasteiger partial charge in [0.1, 0.15) is 11.5 Å². The van der Waals surface area contributed by atoms with Crippen LogP contribution in [0.15, 0.2) is 42.5 Å². The van der Waals surface area contributed by atoms with Crippen molar-refractivity contribution in [1.29, 1.82) is 0 Å². The lowest BCUT2D eigenvalue weighted by Crippen LogP contribution is -2.11. The van der Waals surface area contributed by atoms with Crippen LogP contribution in [0.5, 0.6) is 11.5 Å². The highest BCUT2D eigenvalue weighted by Crippen LogP contribution is 2.20. The number of hydrogen-bond donors (Lipinski definition) is 0. The van der Waals surface area contributed by atoms with Gasteiger partial charge in [-0.05, 0) is 55.7 Å². The molecule has 7 nitrogen and oxygen atoms in total. The number of carbonyl (C=O) groups excluding carboxylic acids is 3. The van der Waals surface area contributed by atoms with E-state index in [-0.39, 0.29) is 23.3 Å². The minimum Gasteiger partial charge on any atom is -0.494 e. The Hall–Kier alpha value is -3.35. The fourth-order valence-corrected chi connectivity index (χ4v) is 2.58. The number of rotatable bonds is 9. The van der Waals surface area contributed by atoms with Gasteiger partial charge >= 0.3 is 17.9 Å². The highest BCUT2D eigenvalue weighted by atomic mass is 16.5. The van der Waals surface area contributed by atoms with Crippen molar-refractivity contribution in [3.63, 3.8) is 0 Å². The van der Waals surface area contributed by atoms with Gasteiger partial charge in [0.25, 0.3) is 0 Å². The van der Waals surface area contributed by atoms with Gasteiger partial charge in [-0.1, -0.05) is 12.1 Å². The fraction of sp³-hybridized carbons (Fsp3) is 0.318. The number of ether oxygens (including phenoxy) is 4. The predicted molar refractivity (Wildman–Crippen MR) is 105 cm³/mol. The largest absolute Gasteiger partial charge is 0.494 e. The van der Waals surface area contributed by atoms with Crippen molar-refractivity contribution >= 4 is 17.9 Å². The summed E-state index contributed by atoms with van der Waals surface area (Å²) in [6, 6.07) is 11.7. The van der Waals surface area contributed by atoms with Crippen LogP contribution in [0.25, 0.3) is 0 Å². The molecule has 7 heteroatoms. The van der Waals surface area contributed by atoms with Gasteiger partial charge in [-0.25, -0.2) is 9.59 Å². The second kappa shape index (κ2) is 10.8. The third kappa shape index (κ3) is 6.95. The maximum Gasteiger partial charge on any atom is 0.338 e. The molecule has 154 valence electrons. The van der Waals surface area contributed by atoms with Crippen LogP contribution in [-0.4, -0.2) is 38.7 Å². The Morgan fingerprint density at radius 2 is 1.48 bits per heavy atom. The Kier molecular flexibility index (Phi) is 8.21. The van der Waals surface area contributed by atoms with E-state index in [1.54, 1.807) is 0 Å². The van der Waals surface area contributed by atoms with Crippen molar-refractivity contribution in [3.05, 3.63) is 59.2 Å². The van der Waals surface area contributed by atoms with Crippen LogP contribution in [0, 0.1) is 6.92 Å². The summed E-state index contributed by atoms with van der Waals surface area (Å²) in [6.45, 7) is 2.48. The van der Waals surface area contributed by atoms with E-state index in [4.69, 9.17) is 9.47 Å². The number of aryl methyl sites for hydroxylation is 1. The number of unbranched alkanes of at least 4 members (excludes halogenated alkanes) is 1. The average molecular weight is 400 g/mol. The van der Waals surface area contributed by atoms with Crippen molar-refractivity contribution < 1.29 is 33.3 Å². The Balaban J connectivity index is 1.87. The highest BCUT2D eigenvalue weighted by Gasteiger charge is 2.16. The first-order valence-electron chi connectivity index (χ1n) is 9.15. The lowest BCUT2D eigenvalue weighted by atomic mass is 10.1. The average Bonchev–Trinajstić information content (AvgIpc) is 2.72. The molecule has 0 N–H and O–H groups in total. The number of esters is 3. The molecular weight excluding hydrogens is 376 g/mol. The van der Waals surface area contributed by atoms with Crippen LogP contribution in [0.4, 0.5) is 0 Å². The molecular formula is C22H24O7. The summed E-state index contributed by atoms with van der Waals surface area (Å²) in [5.41, 5.74) is 1.29. The Bertz CT molecular complexity index is 839. The summed E-state index contributed by atoms with van der Waals surface area (Å²) < 4.78 is 20.2. The molecule has 0 bridgehead atoms. The summed E-state index contributed by atoms with van der Waals surface area (Å²) in [6.07, 6.45) is 1.43. The zero-order valence-corrected chi connectivity index (χ0v) is 16.7. The molecule has 0 saturated heterocycles. The van der Waals surface area contributed by atoms with E-state index in [9.17, 15) is 14.4 Å². The molecule has 0 unspecified atom stereocenters. The molecule has 0 aromatic heterocycles. The van der Waals surface area contributed by atoms with Gasteiger partial charge in [0.15, 0.2) is 0 Å². The van der Waals surface area contributed by atoms with Crippen molar-refractivity contribution in [2.24, 2.45) is 0 Å². The summed E-state index contributed by atoms with van der Waals surface area (Å²) in [5, 5.41) is 0. The van der Waals surface area contributed by atoms with Gasteiger partial charge in [-0.2, -0.15) is 0 Å². The summed E-state index contributed by atoms with van der Waals surface area (Å²) in [4.78, 5) is 35.6. The van der Waals surface area contributed by atoms with Crippen LogP contribution in [0.2, 0.25) is 0 Å². The maximum absolute atomic E-state index is 12.1. The lowest BCUT2D eigenvalue weighted by molar-refractivity contribution is -0.134. The Morgan fingerprint density at radius 1 is 0.828 bits per heavy atom. The number of hydrogen-bond acceptors (Lipinski definition) is 7. The van der Waals surface area contributed by atoms with Crippen molar-refractivity contribution in [1.82, 2.24) is 0 Å². The van der Waals surface area contributed by atoms with Crippen LogP contribution in [0.3, 0.4) is 0 Å². The van der Waals surface area contributed by atoms with E-state index < -0.39 is 17.9 Å². The summed E-state index contributed by atoms with van der Waals surface area (Å²) in [7, 11) is 2.44. The van der Waals surface area contributed by atoms with Gasteiger partial charge in [0.2, 0.25) is 0 Å². The monoisotopic (exact) mass is 400 g/mol. The van der Waals surface area contributed by atoms with E-state index in [1.807, 2.05) is 31.2 Å². The van der Waals surface area contributed by atoms with E-state index >= 15 is 0 Å². The second-order valence-electron chi connectivity index (χ2n) is 6.33. The van der Waals surface area contributed by atoms with Crippen molar-refractivity contribution in [2.75, 3.05) is 20.8 Å². The zero-order chi connectivity index (χ0) is 21.2. The summed E-state index contributed by atoms with van der Waals surface area (Å²) in [5.74, 6) is -0.905. The first kappa shape index (κ1) is 21.9. The highest BCUT2D eigenvalue weighted by molar-refractivity contribution is 5.96. The maximum atomic E-state index is 12.1. The van der Waals surface area contributed by atoms with Gasteiger partial charge in [-0.15, -0.1) is 0 Å². The van der Waals surface area contributed by atoms with Crippen LogP contribution in [0.1, 0.15) is 45.5 Å². The molecule has 0 aliphatic rings. The Morgan fingerprint density at radius 3 is 2.07 bits per heavy atom. The first-order valence-corrected chi connectivity index (χ1v) is 9.15. The van der Waals surface area contributed by atoms with E-state index in [1.165, 1.54) is 32.4 Å². The first-order chi connectivity index (χ1) is 13.9. The van der Waals surface area contributed by atoms with E-state index in [2.05, 4.69) is 9.47 Å².